The number of nitrogens with one attached hydrogen (secondary N) is 1. The first-order valence-electron chi connectivity index (χ1n) is 8.23. The predicted octanol–water partition coefficient (Wildman–Crippen LogP) is 3.86. The Hall–Kier alpha value is -2.82. The zero-order valence-electron chi connectivity index (χ0n) is 13.3. The molecule has 5 nitrogen and oxygen atoms in total. The van der Waals surface area contributed by atoms with Crippen molar-refractivity contribution in [2.24, 2.45) is 0 Å². The topological polar surface area (TPSA) is 81.2 Å². The van der Waals surface area contributed by atoms with Crippen LogP contribution in [0, 0.1) is 0 Å². The van der Waals surface area contributed by atoms with Gasteiger partial charge in [-0.2, -0.15) is 0 Å². The van der Waals surface area contributed by atoms with E-state index in [1.54, 1.807) is 0 Å². The summed E-state index contributed by atoms with van der Waals surface area (Å²) in [6.07, 6.45) is 3.31. The van der Waals surface area contributed by atoms with Gasteiger partial charge in [-0.3, -0.25) is 4.79 Å². The Labute approximate surface area is 139 Å². The highest BCUT2D eigenvalue weighted by atomic mass is 16.3. The number of nitrogen functional groups attached to an aromatic ring is 1. The van der Waals surface area contributed by atoms with Gasteiger partial charge in [0, 0.05) is 29.8 Å². The molecular formula is C19H19N3O2. The highest BCUT2D eigenvalue weighted by Gasteiger charge is 2.28. The Kier molecular flexibility index (Phi) is 3.69. The van der Waals surface area contributed by atoms with Crippen LogP contribution in [0.4, 0.5) is 11.4 Å². The molecule has 1 aromatic heterocycles. The lowest BCUT2D eigenvalue weighted by Crippen LogP contribution is -2.12. The molecule has 3 N–H and O–H groups in total. The number of anilines is 2. The van der Waals surface area contributed by atoms with Crippen LogP contribution >= 0.6 is 0 Å². The third-order valence-electron chi connectivity index (χ3n) is 4.29. The van der Waals surface area contributed by atoms with Crippen LogP contribution in [0.15, 0.2) is 46.9 Å². The van der Waals surface area contributed by atoms with Crippen LogP contribution in [-0.4, -0.2) is 10.9 Å². The van der Waals surface area contributed by atoms with Crippen LogP contribution in [-0.2, 0) is 11.2 Å². The van der Waals surface area contributed by atoms with E-state index in [2.05, 4.69) is 10.3 Å². The lowest BCUT2D eigenvalue weighted by Gasteiger charge is -2.06. The average Bonchev–Trinajstić information content (AvgIpc) is 3.34. The largest absolute Gasteiger partial charge is 0.440 e. The number of fused-ring (bicyclic) bond motifs is 1. The third kappa shape index (κ3) is 3.11. The lowest BCUT2D eigenvalue weighted by molar-refractivity contribution is -0.116. The minimum atomic E-state index is -0.0421. The fourth-order valence-electron chi connectivity index (χ4n) is 2.76. The first-order valence-corrected chi connectivity index (χ1v) is 8.23. The number of rotatable bonds is 5. The number of amides is 1. The second-order valence-corrected chi connectivity index (χ2v) is 6.26. The number of hydrogen-bond donors (Lipinski definition) is 2. The first-order chi connectivity index (χ1) is 11.7. The van der Waals surface area contributed by atoms with Gasteiger partial charge in [0.2, 0.25) is 5.91 Å². The summed E-state index contributed by atoms with van der Waals surface area (Å²) >= 11 is 0. The van der Waals surface area contributed by atoms with E-state index in [1.807, 2.05) is 42.5 Å². The molecule has 3 aromatic rings. The molecular weight excluding hydrogens is 302 g/mol. The molecule has 122 valence electrons. The molecule has 0 saturated heterocycles. The fraction of sp³-hybridized carbons (Fsp3) is 0.263. The van der Waals surface area contributed by atoms with Crippen LogP contribution in [0.25, 0.3) is 11.1 Å². The maximum absolute atomic E-state index is 12.2. The Morgan fingerprint density at radius 1 is 1.25 bits per heavy atom. The van der Waals surface area contributed by atoms with Crippen molar-refractivity contribution < 1.29 is 9.21 Å². The van der Waals surface area contributed by atoms with Crippen molar-refractivity contribution in [3.8, 4) is 0 Å². The van der Waals surface area contributed by atoms with E-state index in [0.717, 1.165) is 46.8 Å². The number of hydrogen-bond acceptors (Lipinski definition) is 4. The number of oxazole rings is 1. The van der Waals surface area contributed by atoms with E-state index in [1.165, 1.54) is 0 Å². The second-order valence-electron chi connectivity index (χ2n) is 6.26. The van der Waals surface area contributed by atoms with Gasteiger partial charge in [-0.1, -0.05) is 18.2 Å². The van der Waals surface area contributed by atoms with Crippen LogP contribution in [0.5, 0.6) is 0 Å². The maximum atomic E-state index is 12.2. The molecule has 1 saturated carbocycles. The minimum Gasteiger partial charge on any atom is -0.440 e. The molecule has 0 atom stereocenters. The highest BCUT2D eigenvalue weighted by molar-refractivity contribution is 5.92. The van der Waals surface area contributed by atoms with Gasteiger partial charge in [0.1, 0.15) is 5.52 Å². The van der Waals surface area contributed by atoms with Crippen LogP contribution in [0.2, 0.25) is 0 Å². The van der Waals surface area contributed by atoms with E-state index in [4.69, 9.17) is 10.2 Å². The van der Waals surface area contributed by atoms with Crippen LogP contribution < -0.4 is 11.1 Å². The first kappa shape index (κ1) is 14.8. The number of para-hydroxylation sites is 1. The van der Waals surface area contributed by atoms with Gasteiger partial charge in [0.15, 0.2) is 11.5 Å². The number of carbonyl (C=O) groups is 1. The highest BCUT2D eigenvalue weighted by Crippen LogP contribution is 2.40. The summed E-state index contributed by atoms with van der Waals surface area (Å²) < 4.78 is 5.78. The SMILES string of the molecule is Nc1ccccc1CCC(=O)Nc1ccc2nc(C3CC3)oc2c1. The van der Waals surface area contributed by atoms with Gasteiger partial charge in [-0.15, -0.1) is 0 Å². The molecule has 0 unspecified atom stereocenters. The minimum absolute atomic E-state index is 0.0421. The van der Waals surface area contributed by atoms with Crippen molar-refractivity contribution in [1.29, 1.82) is 0 Å². The molecule has 1 heterocycles. The normalized spacial score (nSPS) is 14.0. The molecule has 2 aromatic carbocycles. The Balaban J connectivity index is 1.41. The van der Waals surface area contributed by atoms with Crippen molar-refractivity contribution in [2.45, 2.75) is 31.6 Å². The zero-order valence-corrected chi connectivity index (χ0v) is 13.3. The van der Waals surface area contributed by atoms with Gasteiger partial charge >= 0.3 is 0 Å². The maximum Gasteiger partial charge on any atom is 0.224 e. The van der Waals surface area contributed by atoms with Gasteiger partial charge in [-0.05, 0) is 43.0 Å². The lowest BCUT2D eigenvalue weighted by atomic mass is 10.1. The van der Waals surface area contributed by atoms with Crippen molar-refractivity contribution >= 4 is 28.4 Å². The smallest absolute Gasteiger partial charge is 0.224 e. The van der Waals surface area contributed by atoms with Crippen molar-refractivity contribution in [2.75, 3.05) is 11.1 Å². The summed E-state index contributed by atoms with van der Waals surface area (Å²) in [6, 6.07) is 13.2. The fourth-order valence-corrected chi connectivity index (χ4v) is 2.76. The molecule has 4 rings (SSSR count). The molecule has 0 spiro atoms. The monoisotopic (exact) mass is 321 g/mol. The Bertz CT molecular complexity index is 897. The summed E-state index contributed by atoms with van der Waals surface area (Å²) in [4.78, 5) is 16.6. The number of aromatic nitrogens is 1. The van der Waals surface area contributed by atoms with Crippen molar-refractivity contribution in [3.63, 3.8) is 0 Å². The van der Waals surface area contributed by atoms with E-state index in [9.17, 15) is 4.79 Å². The van der Waals surface area contributed by atoms with Crippen LogP contribution in [0.1, 0.15) is 36.6 Å². The average molecular weight is 321 g/mol. The standard InChI is InChI=1S/C19H19N3O2/c20-15-4-2-1-3-12(15)7-10-18(23)21-14-8-9-16-17(11-14)24-19(22-16)13-5-6-13/h1-4,8-9,11,13H,5-7,10,20H2,(H,21,23). The van der Waals surface area contributed by atoms with Gasteiger partial charge in [-0.25, -0.2) is 4.98 Å². The number of aryl methyl sites for hydroxylation is 1. The second kappa shape index (κ2) is 6.00. The molecule has 0 bridgehead atoms. The van der Waals surface area contributed by atoms with E-state index >= 15 is 0 Å². The Morgan fingerprint density at radius 2 is 2.08 bits per heavy atom. The van der Waals surface area contributed by atoms with E-state index in [0.29, 0.717) is 18.8 Å². The van der Waals surface area contributed by atoms with Crippen molar-refractivity contribution in [1.82, 2.24) is 4.98 Å². The molecule has 1 fully saturated rings. The number of carbonyl (C=O) groups excluding carboxylic acids is 1. The summed E-state index contributed by atoms with van der Waals surface area (Å²) in [7, 11) is 0. The number of nitrogens with two attached hydrogens (primary N) is 1. The third-order valence-corrected chi connectivity index (χ3v) is 4.29. The summed E-state index contributed by atoms with van der Waals surface area (Å²) in [5.41, 5.74) is 9.91. The molecule has 1 aliphatic carbocycles. The van der Waals surface area contributed by atoms with E-state index < -0.39 is 0 Å². The zero-order chi connectivity index (χ0) is 16.5. The molecule has 1 aliphatic rings. The quantitative estimate of drug-likeness (QED) is 0.699. The predicted molar refractivity (Wildman–Crippen MR) is 93.8 cm³/mol. The molecule has 5 heteroatoms. The number of benzene rings is 2. The Morgan fingerprint density at radius 3 is 2.88 bits per heavy atom. The van der Waals surface area contributed by atoms with E-state index in [-0.39, 0.29) is 5.91 Å². The number of nitrogens with zero attached hydrogens (tertiary/aromatic N) is 1. The summed E-state index contributed by atoms with van der Waals surface area (Å²) in [6.45, 7) is 0. The molecule has 24 heavy (non-hydrogen) atoms. The van der Waals surface area contributed by atoms with Gasteiger partial charge in [0.25, 0.3) is 0 Å². The molecule has 1 amide bonds. The summed E-state index contributed by atoms with van der Waals surface area (Å²) in [5, 5.41) is 2.91. The molecule has 0 aliphatic heterocycles. The summed E-state index contributed by atoms with van der Waals surface area (Å²) in [5.74, 6) is 1.25. The van der Waals surface area contributed by atoms with Gasteiger partial charge in [0.05, 0.1) is 0 Å². The molecule has 0 radical (unpaired) electrons. The van der Waals surface area contributed by atoms with Gasteiger partial charge < -0.3 is 15.5 Å². The van der Waals surface area contributed by atoms with Crippen molar-refractivity contribution in [3.05, 3.63) is 53.9 Å². The van der Waals surface area contributed by atoms with Crippen LogP contribution in [0.3, 0.4) is 0 Å².